The van der Waals surface area contributed by atoms with E-state index in [0.29, 0.717) is 11.3 Å². The molecule has 0 saturated carbocycles. The minimum Gasteiger partial charge on any atom is -0.301 e. The van der Waals surface area contributed by atoms with Crippen molar-refractivity contribution in [2.24, 2.45) is 11.0 Å². The average Bonchev–Trinajstić information content (AvgIpc) is 2.65. The molecule has 1 fully saturated rings. The molecule has 1 atom stereocenters. The van der Waals surface area contributed by atoms with Crippen LogP contribution in [0.2, 0.25) is 0 Å². The van der Waals surface area contributed by atoms with Gasteiger partial charge in [0.05, 0.1) is 11.3 Å². The quantitative estimate of drug-likeness (QED) is 0.361. The number of benzene rings is 1. The van der Waals surface area contributed by atoms with Crippen LogP contribution in [0, 0.1) is 5.92 Å². The van der Waals surface area contributed by atoms with Crippen LogP contribution in [0.5, 0.6) is 0 Å². The van der Waals surface area contributed by atoms with Crippen molar-refractivity contribution in [3.05, 3.63) is 60.4 Å². The van der Waals surface area contributed by atoms with Crippen molar-refractivity contribution in [1.29, 1.82) is 0 Å². The van der Waals surface area contributed by atoms with E-state index in [-0.39, 0.29) is 5.11 Å². The summed E-state index contributed by atoms with van der Waals surface area (Å²) in [5.41, 5.74) is 3.09. The van der Waals surface area contributed by atoms with Gasteiger partial charge in [-0.15, -0.1) is 0 Å². The number of pyridine rings is 1. The molecule has 0 bridgehead atoms. The first-order valence-electron chi connectivity index (χ1n) is 7.55. The largest absolute Gasteiger partial charge is 0.301 e. The number of anilines is 1. The monoisotopic (exact) mass is 367 g/mol. The molecule has 3 amide bonds. The number of para-hydroxylation sites is 1. The minimum atomic E-state index is -1.21. The summed E-state index contributed by atoms with van der Waals surface area (Å²) in [5.74, 6) is -2.87. The molecule has 2 heterocycles. The molecule has 0 aliphatic carbocycles. The van der Waals surface area contributed by atoms with E-state index >= 15 is 0 Å². The second-order valence-corrected chi connectivity index (χ2v) is 5.63. The van der Waals surface area contributed by atoms with Crippen LogP contribution in [-0.4, -0.2) is 34.0 Å². The molecular weight excluding hydrogens is 354 g/mol. The van der Waals surface area contributed by atoms with Crippen molar-refractivity contribution < 1.29 is 14.4 Å². The number of carbonyl (C=O) groups excluding carboxylic acids is 3. The third kappa shape index (κ3) is 3.62. The van der Waals surface area contributed by atoms with Crippen LogP contribution in [0.1, 0.15) is 10.4 Å². The summed E-state index contributed by atoms with van der Waals surface area (Å²) in [7, 11) is 0. The lowest BCUT2D eigenvalue weighted by atomic mass is 10.1. The van der Waals surface area contributed by atoms with Gasteiger partial charge in [-0.25, -0.2) is 5.43 Å². The highest BCUT2D eigenvalue weighted by molar-refractivity contribution is 7.80. The van der Waals surface area contributed by atoms with Crippen molar-refractivity contribution in [3.63, 3.8) is 0 Å². The maximum atomic E-state index is 12.7. The van der Waals surface area contributed by atoms with Crippen molar-refractivity contribution in [1.82, 2.24) is 15.7 Å². The Balaban J connectivity index is 1.74. The summed E-state index contributed by atoms with van der Waals surface area (Å²) in [6.45, 7) is 0. The number of thiocarbonyl (C=S) groups is 1. The molecule has 2 aromatic rings. The third-order valence-corrected chi connectivity index (χ3v) is 3.81. The molecule has 1 saturated heterocycles. The highest BCUT2D eigenvalue weighted by Gasteiger charge is 2.38. The molecule has 9 heteroatoms. The van der Waals surface area contributed by atoms with Crippen LogP contribution < -0.4 is 15.6 Å². The van der Waals surface area contributed by atoms with Gasteiger partial charge in [0.25, 0.3) is 11.8 Å². The summed E-state index contributed by atoms with van der Waals surface area (Å²) in [4.78, 5) is 41.7. The van der Waals surface area contributed by atoms with Crippen LogP contribution >= 0.6 is 12.2 Å². The van der Waals surface area contributed by atoms with Gasteiger partial charge in [-0.1, -0.05) is 18.2 Å². The molecule has 1 aliphatic rings. The second-order valence-electron chi connectivity index (χ2n) is 5.24. The predicted octanol–water partition coefficient (Wildman–Crippen LogP) is 0.861. The van der Waals surface area contributed by atoms with Gasteiger partial charge in [-0.2, -0.15) is 5.10 Å². The fourth-order valence-electron chi connectivity index (χ4n) is 2.28. The molecule has 1 aromatic carbocycles. The molecule has 0 radical (unpaired) electrons. The van der Waals surface area contributed by atoms with Gasteiger partial charge in [0, 0.05) is 18.6 Å². The third-order valence-electron chi connectivity index (χ3n) is 3.53. The highest BCUT2D eigenvalue weighted by atomic mass is 32.1. The standard InChI is InChI=1S/C17H13N5O3S/c23-14(11-5-4-8-18-9-11)21-19-10-13-15(24)20-17(26)22(16(13)25)12-6-2-1-3-7-12/h1-10,13H,(H,21,23)(H,20,24,26)/b19-10-/t13-/m1/s1. The van der Waals surface area contributed by atoms with Gasteiger partial charge in [-0.05, 0) is 36.5 Å². The summed E-state index contributed by atoms with van der Waals surface area (Å²) >= 11 is 5.09. The molecule has 0 spiro atoms. The van der Waals surface area contributed by atoms with E-state index in [1.54, 1.807) is 42.5 Å². The summed E-state index contributed by atoms with van der Waals surface area (Å²) < 4.78 is 0. The number of aromatic nitrogens is 1. The molecule has 2 N–H and O–H groups in total. The Bertz CT molecular complexity index is 886. The Morgan fingerprint density at radius 3 is 2.69 bits per heavy atom. The Morgan fingerprint density at radius 2 is 2.00 bits per heavy atom. The molecule has 8 nitrogen and oxygen atoms in total. The van der Waals surface area contributed by atoms with Gasteiger partial charge in [0.15, 0.2) is 11.0 Å². The first-order valence-corrected chi connectivity index (χ1v) is 7.96. The Kier molecular flexibility index (Phi) is 5.09. The number of hydrogen-bond donors (Lipinski definition) is 2. The van der Waals surface area contributed by atoms with Gasteiger partial charge in [-0.3, -0.25) is 24.3 Å². The topological polar surface area (TPSA) is 104 Å². The first-order chi connectivity index (χ1) is 12.6. The van der Waals surface area contributed by atoms with E-state index in [2.05, 4.69) is 20.8 Å². The van der Waals surface area contributed by atoms with Gasteiger partial charge >= 0.3 is 0 Å². The molecule has 26 heavy (non-hydrogen) atoms. The molecule has 130 valence electrons. The van der Waals surface area contributed by atoms with Gasteiger partial charge in [0.2, 0.25) is 5.91 Å². The van der Waals surface area contributed by atoms with Crippen molar-refractivity contribution in [2.45, 2.75) is 0 Å². The van der Waals surface area contributed by atoms with Crippen molar-refractivity contribution in [2.75, 3.05) is 4.90 Å². The molecule has 0 unspecified atom stereocenters. The maximum absolute atomic E-state index is 12.7. The molecule has 3 rings (SSSR count). The van der Waals surface area contributed by atoms with Gasteiger partial charge < -0.3 is 5.32 Å². The lowest BCUT2D eigenvalue weighted by Crippen LogP contribution is -2.58. The number of hydrogen-bond acceptors (Lipinski definition) is 6. The van der Waals surface area contributed by atoms with Crippen molar-refractivity contribution >= 4 is 47.0 Å². The van der Waals surface area contributed by atoms with Crippen LogP contribution in [-0.2, 0) is 9.59 Å². The zero-order chi connectivity index (χ0) is 18.5. The van der Waals surface area contributed by atoms with Crippen LogP contribution in [0.4, 0.5) is 5.69 Å². The minimum absolute atomic E-state index is 0.00440. The van der Waals surface area contributed by atoms with E-state index < -0.39 is 23.6 Å². The lowest BCUT2D eigenvalue weighted by molar-refractivity contribution is -0.130. The first kappa shape index (κ1) is 17.4. The molecular formula is C17H13N5O3S. The molecule has 1 aromatic heterocycles. The summed E-state index contributed by atoms with van der Waals surface area (Å²) in [6.07, 6.45) is 3.98. The highest BCUT2D eigenvalue weighted by Crippen LogP contribution is 2.19. The smallest absolute Gasteiger partial charge is 0.272 e. The van der Waals surface area contributed by atoms with E-state index in [0.717, 1.165) is 6.21 Å². The van der Waals surface area contributed by atoms with E-state index in [9.17, 15) is 14.4 Å². The average molecular weight is 367 g/mol. The Hall–Kier alpha value is -3.46. The van der Waals surface area contributed by atoms with Crippen LogP contribution in [0.15, 0.2) is 60.0 Å². The van der Waals surface area contributed by atoms with E-state index in [1.165, 1.54) is 17.3 Å². The van der Waals surface area contributed by atoms with Gasteiger partial charge in [0.1, 0.15) is 0 Å². The number of hydrazone groups is 1. The summed E-state index contributed by atoms with van der Waals surface area (Å²) in [6, 6.07) is 11.9. The Morgan fingerprint density at radius 1 is 1.23 bits per heavy atom. The lowest BCUT2D eigenvalue weighted by Gasteiger charge is -2.30. The van der Waals surface area contributed by atoms with E-state index in [4.69, 9.17) is 12.2 Å². The number of nitrogens with zero attached hydrogens (tertiary/aromatic N) is 3. The number of amides is 3. The van der Waals surface area contributed by atoms with Crippen LogP contribution in [0.25, 0.3) is 0 Å². The van der Waals surface area contributed by atoms with Crippen LogP contribution in [0.3, 0.4) is 0 Å². The zero-order valence-corrected chi connectivity index (χ0v) is 14.1. The molecule has 1 aliphatic heterocycles. The van der Waals surface area contributed by atoms with E-state index in [1.807, 2.05) is 0 Å². The number of rotatable bonds is 4. The zero-order valence-electron chi connectivity index (χ0n) is 13.3. The fourth-order valence-corrected chi connectivity index (χ4v) is 2.57. The second kappa shape index (κ2) is 7.62. The number of carbonyl (C=O) groups is 3. The number of nitrogens with one attached hydrogen (secondary N) is 2. The SMILES string of the molecule is O=C(N/N=C\[C@@H]1C(=O)NC(=S)N(c2ccccc2)C1=O)c1cccnc1. The normalized spacial score (nSPS) is 17.3. The summed E-state index contributed by atoms with van der Waals surface area (Å²) in [5, 5.41) is 6.18. The van der Waals surface area contributed by atoms with Crippen molar-refractivity contribution in [3.8, 4) is 0 Å². The Labute approximate surface area is 153 Å². The predicted molar refractivity (Wildman–Crippen MR) is 98.4 cm³/mol. The maximum Gasteiger partial charge on any atom is 0.272 e. The fraction of sp³-hybridized carbons (Fsp3) is 0.0588.